The maximum absolute atomic E-state index is 6.33. The van der Waals surface area contributed by atoms with Crippen molar-refractivity contribution < 1.29 is 0 Å². The first-order valence-corrected chi connectivity index (χ1v) is 5.34. The van der Waals surface area contributed by atoms with E-state index in [1.165, 1.54) is 0 Å². The molecular formula is C11H22N4. The van der Waals surface area contributed by atoms with Crippen LogP contribution in [-0.4, -0.2) is 34.3 Å². The summed E-state index contributed by atoms with van der Waals surface area (Å²) < 4.78 is 1.85. The molecule has 2 N–H and O–H groups in total. The summed E-state index contributed by atoms with van der Waals surface area (Å²) in [5, 5.41) is 4.16. The average Bonchev–Trinajstić information content (AvgIpc) is 2.61. The van der Waals surface area contributed by atoms with Crippen molar-refractivity contribution in [3.8, 4) is 0 Å². The van der Waals surface area contributed by atoms with Gasteiger partial charge >= 0.3 is 0 Å². The van der Waals surface area contributed by atoms with Gasteiger partial charge in [0.15, 0.2) is 0 Å². The summed E-state index contributed by atoms with van der Waals surface area (Å²) in [4.78, 5) is 2.19. The van der Waals surface area contributed by atoms with Crippen LogP contribution in [0.5, 0.6) is 0 Å². The number of likely N-dealkylation sites (N-methyl/N-ethyl adjacent to an activating group) is 1. The Hall–Kier alpha value is -0.870. The topological polar surface area (TPSA) is 47.1 Å². The number of hydrogen-bond donors (Lipinski definition) is 1. The highest BCUT2D eigenvalue weighted by atomic mass is 15.3. The molecule has 0 aliphatic rings. The lowest BCUT2D eigenvalue weighted by Gasteiger charge is -2.40. The van der Waals surface area contributed by atoms with Crippen molar-refractivity contribution in [2.24, 2.45) is 12.8 Å². The number of hydrogen-bond acceptors (Lipinski definition) is 3. The van der Waals surface area contributed by atoms with Crippen molar-refractivity contribution in [3.05, 3.63) is 18.0 Å². The van der Waals surface area contributed by atoms with Crippen LogP contribution in [0.3, 0.4) is 0 Å². The molecule has 1 heterocycles. The molecular weight excluding hydrogens is 188 g/mol. The number of nitrogens with two attached hydrogens (primary N) is 1. The second-order valence-corrected chi connectivity index (χ2v) is 4.46. The Bertz CT molecular complexity index is 318. The Morgan fingerprint density at radius 3 is 2.53 bits per heavy atom. The highest BCUT2D eigenvalue weighted by Gasteiger charge is 2.34. The van der Waals surface area contributed by atoms with Gasteiger partial charge in [0.25, 0.3) is 0 Å². The highest BCUT2D eigenvalue weighted by Crippen LogP contribution is 2.30. The van der Waals surface area contributed by atoms with E-state index < -0.39 is 0 Å². The third kappa shape index (κ3) is 2.06. The SMILES string of the molecule is CCC(C)(C(N)c1ccnn1C)N(C)C. The summed E-state index contributed by atoms with van der Waals surface area (Å²) in [7, 11) is 6.07. The second kappa shape index (κ2) is 4.33. The zero-order valence-corrected chi connectivity index (χ0v) is 10.4. The molecule has 0 bridgehead atoms. The zero-order valence-electron chi connectivity index (χ0n) is 10.4. The average molecular weight is 210 g/mol. The van der Waals surface area contributed by atoms with Gasteiger partial charge in [-0.15, -0.1) is 0 Å². The minimum absolute atomic E-state index is 0.0231. The number of nitrogens with zero attached hydrogens (tertiary/aromatic N) is 3. The van der Waals surface area contributed by atoms with Crippen LogP contribution in [0, 0.1) is 0 Å². The van der Waals surface area contributed by atoms with E-state index in [0.717, 1.165) is 12.1 Å². The molecule has 2 atom stereocenters. The van der Waals surface area contributed by atoms with E-state index in [-0.39, 0.29) is 11.6 Å². The van der Waals surface area contributed by atoms with Gasteiger partial charge < -0.3 is 10.6 Å². The van der Waals surface area contributed by atoms with Gasteiger partial charge in [0.1, 0.15) is 0 Å². The Labute approximate surface area is 92.1 Å². The Balaban J connectivity index is 3.02. The normalized spacial score (nSPS) is 17.8. The molecule has 1 rings (SSSR count). The van der Waals surface area contributed by atoms with E-state index in [1.807, 2.05) is 17.8 Å². The summed E-state index contributed by atoms with van der Waals surface area (Å²) in [6.07, 6.45) is 2.80. The minimum atomic E-state index is -0.0339. The van der Waals surface area contributed by atoms with Gasteiger partial charge in [-0.2, -0.15) is 5.10 Å². The molecule has 0 fully saturated rings. The van der Waals surface area contributed by atoms with E-state index in [1.54, 1.807) is 6.20 Å². The third-order valence-corrected chi connectivity index (χ3v) is 3.58. The standard InChI is InChI=1S/C11H22N4/c1-6-11(2,14(3)4)10(12)9-7-8-13-15(9)5/h7-8,10H,6,12H2,1-5H3. The van der Waals surface area contributed by atoms with Crippen molar-refractivity contribution in [3.63, 3.8) is 0 Å². The molecule has 0 aliphatic carbocycles. The first kappa shape index (κ1) is 12.2. The first-order chi connectivity index (χ1) is 6.93. The maximum Gasteiger partial charge on any atom is 0.0650 e. The predicted octanol–water partition coefficient (Wildman–Crippen LogP) is 1.15. The summed E-state index contributed by atoms with van der Waals surface area (Å²) in [5.41, 5.74) is 7.37. The molecule has 0 aliphatic heterocycles. The number of aromatic nitrogens is 2. The molecule has 86 valence electrons. The summed E-state index contributed by atoms with van der Waals surface area (Å²) in [5.74, 6) is 0. The van der Waals surface area contributed by atoms with Crippen LogP contribution < -0.4 is 5.73 Å². The summed E-state index contributed by atoms with van der Waals surface area (Å²) in [6.45, 7) is 4.35. The van der Waals surface area contributed by atoms with Gasteiger partial charge in [-0.25, -0.2) is 0 Å². The molecule has 0 radical (unpaired) electrons. The van der Waals surface area contributed by atoms with Gasteiger partial charge in [-0.1, -0.05) is 6.92 Å². The molecule has 1 aromatic rings. The predicted molar refractivity (Wildman–Crippen MR) is 62.5 cm³/mol. The molecule has 2 unspecified atom stereocenters. The number of rotatable bonds is 4. The van der Waals surface area contributed by atoms with Crippen LogP contribution in [-0.2, 0) is 7.05 Å². The quantitative estimate of drug-likeness (QED) is 0.811. The Morgan fingerprint density at radius 2 is 2.20 bits per heavy atom. The lowest BCUT2D eigenvalue weighted by Crippen LogP contribution is -2.50. The monoisotopic (exact) mass is 210 g/mol. The van der Waals surface area contributed by atoms with Crippen LogP contribution >= 0.6 is 0 Å². The maximum atomic E-state index is 6.33. The van der Waals surface area contributed by atoms with Crippen molar-refractivity contribution >= 4 is 0 Å². The second-order valence-electron chi connectivity index (χ2n) is 4.46. The lowest BCUT2D eigenvalue weighted by molar-refractivity contribution is 0.128. The van der Waals surface area contributed by atoms with E-state index in [0.29, 0.717) is 0 Å². The minimum Gasteiger partial charge on any atom is -0.321 e. The molecule has 0 saturated heterocycles. The largest absolute Gasteiger partial charge is 0.321 e. The van der Waals surface area contributed by atoms with Crippen LogP contribution in [0.15, 0.2) is 12.3 Å². The van der Waals surface area contributed by atoms with Gasteiger partial charge in [0.2, 0.25) is 0 Å². The smallest absolute Gasteiger partial charge is 0.0650 e. The van der Waals surface area contributed by atoms with Crippen LogP contribution in [0.25, 0.3) is 0 Å². The molecule has 0 aromatic carbocycles. The zero-order chi connectivity index (χ0) is 11.6. The van der Waals surface area contributed by atoms with Crippen LogP contribution in [0.1, 0.15) is 32.0 Å². The summed E-state index contributed by atoms with van der Waals surface area (Å²) >= 11 is 0. The molecule has 4 heteroatoms. The van der Waals surface area contributed by atoms with Crippen molar-refractivity contribution in [2.75, 3.05) is 14.1 Å². The van der Waals surface area contributed by atoms with E-state index in [9.17, 15) is 0 Å². The van der Waals surface area contributed by atoms with Gasteiger partial charge in [-0.3, -0.25) is 4.68 Å². The lowest BCUT2D eigenvalue weighted by atomic mass is 9.86. The van der Waals surface area contributed by atoms with Crippen LogP contribution in [0.2, 0.25) is 0 Å². The van der Waals surface area contributed by atoms with Gasteiger partial charge in [0.05, 0.1) is 11.7 Å². The van der Waals surface area contributed by atoms with E-state index in [4.69, 9.17) is 5.73 Å². The fourth-order valence-electron chi connectivity index (χ4n) is 1.82. The molecule has 1 aromatic heterocycles. The number of aryl methyl sites for hydroxylation is 1. The molecule has 0 saturated carbocycles. The van der Waals surface area contributed by atoms with Crippen molar-refractivity contribution in [2.45, 2.75) is 31.8 Å². The third-order valence-electron chi connectivity index (χ3n) is 3.58. The van der Waals surface area contributed by atoms with E-state index >= 15 is 0 Å². The van der Waals surface area contributed by atoms with Gasteiger partial charge in [-0.05, 0) is 33.5 Å². The van der Waals surface area contributed by atoms with Gasteiger partial charge in [0, 0.05) is 18.8 Å². The van der Waals surface area contributed by atoms with E-state index in [2.05, 4.69) is 37.9 Å². The molecule has 0 spiro atoms. The Morgan fingerprint density at radius 1 is 1.60 bits per heavy atom. The molecule has 4 nitrogen and oxygen atoms in total. The van der Waals surface area contributed by atoms with Crippen molar-refractivity contribution in [1.29, 1.82) is 0 Å². The fraction of sp³-hybridized carbons (Fsp3) is 0.727. The van der Waals surface area contributed by atoms with Crippen molar-refractivity contribution in [1.82, 2.24) is 14.7 Å². The molecule has 15 heavy (non-hydrogen) atoms. The summed E-state index contributed by atoms with van der Waals surface area (Å²) in [6, 6.07) is 1.97. The highest BCUT2D eigenvalue weighted by molar-refractivity contribution is 5.13. The first-order valence-electron chi connectivity index (χ1n) is 5.34. The Kier molecular flexibility index (Phi) is 3.52. The van der Waals surface area contributed by atoms with Crippen LogP contribution in [0.4, 0.5) is 0 Å². The molecule has 0 amide bonds. The fourth-order valence-corrected chi connectivity index (χ4v) is 1.82.